The Balaban J connectivity index is 1.38. The van der Waals surface area contributed by atoms with Crippen molar-refractivity contribution in [3.05, 3.63) is 24.2 Å². The topological polar surface area (TPSA) is 67.5 Å². The van der Waals surface area contributed by atoms with Gasteiger partial charge in [-0.2, -0.15) is 4.98 Å². The van der Waals surface area contributed by atoms with E-state index in [9.17, 15) is 0 Å². The molecule has 0 spiro atoms. The maximum atomic E-state index is 5.74. The van der Waals surface area contributed by atoms with Crippen LogP contribution >= 0.6 is 0 Å². The number of anilines is 1. The quantitative estimate of drug-likeness (QED) is 0.846. The summed E-state index contributed by atoms with van der Waals surface area (Å²) in [5.74, 6) is 2.17. The van der Waals surface area contributed by atoms with Gasteiger partial charge in [0.1, 0.15) is 5.82 Å². The lowest BCUT2D eigenvalue weighted by Gasteiger charge is -2.36. The van der Waals surface area contributed by atoms with Crippen LogP contribution in [0.3, 0.4) is 0 Å². The number of hydrogen-bond donors (Lipinski definition) is 0. The van der Waals surface area contributed by atoms with Gasteiger partial charge in [-0.1, -0.05) is 5.16 Å². The van der Waals surface area contributed by atoms with Gasteiger partial charge in [0, 0.05) is 51.1 Å². The van der Waals surface area contributed by atoms with Crippen molar-refractivity contribution in [1.29, 1.82) is 0 Å². The lowest BCUT2D eigenvalue weighted by Crippen LogP contribution is -2.48. The minimum absolute atomic E-state index is 0.429. The molecule has 0 amide bonds. The summed E-state index contributed by atoms with van der Waals surface area (Å²) in [6.45, 7) is 7.86. The van der Waals surface area contributed by atoms with Crippen LogP contribution in [0.5, 0.6) is 0 Å². The Hall–Kier alpha value is -1.99. The average molecular weight is 329 g/mol. The largest absolute Gasteiger partial charge is 0.377 e. The van der Waals surface area contributed by atoms with Crippen LogP contribution < -0.4 is 4.90 Å². The molecule has 2 aliphatic rings. The van der Waals surface area contributed by atoms with E-state index >= 15 is 0 Å². The van der Waals surface area contributed by atoms with Crippen molar-refractivity contribution in [2.24, 2.45) is 0 Å². The lowest BCUT2D eigenvalue weighted by molar-refractivity contribution is 0.0712. The Morgan fingerprint density at radius 2 is 2.12 bits per heavy atom. The zero-order valence-electron chi connectivity index (χ0n) is 14.0. The Bertz CT molecular complexity index is 675. The fraction of sp³-hybridized carbons (Fsp3) is 0.588. The number of ether oxygens (including phenoxy) is 1. The molecule has 0 aromatic carbocycles. The number of nitrogens with zero attached hydrogens (tertiary/aromatic N) is 5. The molecule has 7 heteroatoms. The van der Waals surface area contributed by atoms with Gasteiger partial charge in [-0.3, -0.25) is 4.90 Å². The lowest BCUT2D eigenvalue weighted by atomic mass is 10.2. The van der Waals surface area contributed by atoms with Gasteiger partial charge in [0.25, 0.3) is 5.89 Å². The first-order valence-corrected chi connectivity index (χ1v) is 8.63. The van der Waals surface area contributed by atoms with Gasteiger partial charge in [-0.15, -0.1) is 0 Å². The molecule has 2 aromatic heterocycles. The SMILES string of the molecule is Cc1noc(-c2ccnc(N3CCN(CC4CCCO4)CC3)c2)n1. The van der Waals surface area contributed by atoms with Crippen LogP contribution in [-0.4, -0.2) is 65.5 Å². The second-order valence-corrected chi connectivity index (χ2v) is 6.47. The number of aromatic nitrogens is 3. The third kappa shape index (κ3) is 3.42. The van der Waals surface area contributed by atoms with Gasteiger partial charge in [-0.05, 0) is 31.9 Å². The summed E-state index contributed by atoms with van der Waals surface area (Å²) in [6.07, 6.45) is 4.64. The fourth-order valence-electron chi connectivity index (χ4n) is 3.37. The van der Waals surface area contributed by atoms with E-state index in [0.717, 1.165) is 50.7 Å². The van der Waals surface area contributed by atoms with Gasteiger partial charge in [0.05, 0.1) is 6.10 Å². The number of piperazine rings is 1. The third-order valence-corrected chi connectivity index (χ3v) is 4.70. The molecule has 0 bridgehead atoms. The van der Waals surface area contributed by atoms with Crippen molar-refractivity contribution in [1.82, 2.24) is 20.0 Å². The molecular weight excluding hydrogens is 306 g/mol. The average Bonchev–Trinajstić information content (AvgIpc) is 3.27. The van der Waals surface area contributed by atoms with Crippen LogP contribution in [-0.2, 0) is 4.74 Å². The van der Waals surface area contributed by atoms with Crippen molar-refractivity contribution in [3.63, 3.8) is 0 Å². The molecule has 4 heterocycles. The van der Waals surface area contributed by atoms with E-state index in [4.69, 9.17) is 9.26 Å². The molecule has 2 aliphatic heterocycles. The summed E-state index contributed by atoms with van der Waals surface area (Å²) < 4.78 is 11.0. The van der Waals surface area contributed by atoms with Gasteiger partial charge >= 0.3 is 0 Å². The highest BCUT2D eigenvalue weighted by Gasteiger charge is 2.23. The van der Waals surface area contributed by atoms with E-state index in [1.807, 2.05) is 25.3 Å². The predicted octanol–water partition coefficient (Wildman–Crippen LogP) is 1.74. The van der Waals surface area contributed by atoms with E-state index < -0.39 is 0 Å². The van der Waals surface area contributed by atoms with Crippen LogP contribution in [0.4, 0.5) is 5.82 Å². The van der Waals surface area contributed by atoms with Gasteiger partial charge in [0.2, 0.25) is 0 Å². The molecule has 1 unspecified atom stereocenters. The van der Waals surface area contributed by atoms with Crippen molar-refractivity contribution < 1.29 is 9.26 Å². The van der Waals surface area contributed by atoms with E-state index in [2.05, 4.69) is 24.9 Å². The van der Waals surface area contributed by atoms with Gasteiger partial charge in [0.15, 0.2) is 5.82 Å². The van der Waals surface area contributed by atoms with Crippen molar-refractivity contribution in [2.45, 2.75) is 25.9 Å². The Morgan fingerprint density at radius 3 is 2.83 bits per heavy atom. The van der Waals surface area contributed by atoms with E-state index in [0.29, 0.717) is 17.8 Å². The highest BCUT2D eigenvalue weighted by Crippen LogP contribution is 2.22. The number of rotatable bonds is 4. The molecule has 24 heavy (non-hydrogen) atoms. The predicted molar refractivity (Wildman–Crippen MR) is 89.9 cm³/mol. The molecule has 128 valence electrons. The minimum Gasteiger partial charge on any atom is -0.377 e. The normalized spacial score (nSPS) is 22.2. The first-order chi connectivity index (χ1) is 11.8. The van der Waals surface area contributed by atoms with Crippen molar-refractivity contribution in [3.8, 4) is 11.5 Å². The Morgan fingerprint density at radius 1 is 1.25 bits per heavy atom. The van der Waals surface area contributed by atoms with E-state index in [-0.39, 0.29) is 0 Å². The molecule has 2 fully saturated rings. The summed E-state index contributed by atoms with van der Waals surface area (Å²) in [7, 11) is 0. The van der Waals surface area contributed by atoms with E-state index in [1.165, 1.54) is 12.8 Å². The highest BCUT2D eigenvalue weighted by atomic mass is 16.5. The van der Waals surface area contributed by atoms with Crippen molar-refractivity contribution >= 4 is 5.82 Å². The Kier molecular flexibility index (Phi) is 4.44. The number of hydrogen-bond acceptors (Lipinski definition) is 7. The van der Waals surface area contributed by atoms with Crippen LogP contribution in [0.1, 0.15) is 18.7 Å². The van der Waals surface area contributed by atoms with Gasteiger partial charge < -0.3 is 14.2 Å². The summed E-state index contributed by atoms with van der Waals surface area (Å²) in [4.78, 5) is 13.6. The smallest absolute Gasteiger partial charge is 0.258 e. The molecule has 0 radical (unpaired) electrons. The summed E-state index contributed by atoms with van der Waals surface area (Å²) in [5.41, 5.74) is 0.919. The number of pyridine rings is 1. The standard InChI is InChI=1S/C17H23N5O2/c1-13-19-17(24-20-13)14-4-5-18-16(11-14)22-8-6-21(7-9-22)12-15-3-2-10-23-15/h4-5,11,15H,2-3,6-10,12H2,1H3. The third-order valence-electron chi connectivity index (χ3n) is 4.70. The van der Waals surface area contributed by atoms with Crippen LogP contribution in [0, 0.1) is 6.92 Å². The van der Waals surface area contributed by atoms with Crippen molar-refractivity contribution in [2.75, 3.05) is 44.2 Å². The zero-order chi connectivity index (χ0) is 16.4. The second kappa shape index (κ2) is 6.86. The molecule has 4 rings (SSSR count). The molecule has 2 aromatic rings. The summed E-state index contributed by atoms with van der Waals surface area (Å²) in [6, 6.07) is 3.94. The molecule has 2 saturated heterocycles. The number of aryl methyl sites for hydroxylation is 1. The molecular formula is C17H23N5O2. The monoisotopic (exact) mass is 329 g/mol. The molecule has 0 aliphatic carbocycles. The molecule has 1 atom stereocenters. The van der Waals surface area contributed by atoms with Gasteiger partial charge in [-0.25, -0.2) is 4.98 Å². The highest BCUT2D eigenvalue weighted by molar-refractivity contribution is 5.58. The van der Waals surface area contributed by atoms with Crippen LogP contribution in [0.25, 0.3) is 11.5 Å². The van der Waals surface area contributed by atoms with Crippen LogP contribution in [0.2, 0.25) is 0 Å². The Labute approximate surface area is 141 Å². The minimum atomic E-state index is 0.429. The molecule has 0 N–H and O–H groups in total. The summed E-state index contributed by atoms with van der Waals surface area (Å²) >= 11 is 0. The van der Waals surface area contributed by atoms with Crippen LogP contribution in [0.15, 0.2) is 22.9 Å². The summed E-state index contributed by atoms with van der Waals surface area (Å²) in [5, 5.41) is 3.86. The molecule has 7 nitrogen and oxygen atoms in total. The van der Waals surface area contributed by atoms with E-state index in [1.54, 1.807) is 0 Å². The first-order valence-electron chi connectivity index (χ1n) is 8.63. The second-order valence-electron chi connectivity index (χ2n) is 6.47. The first kappa shape index (κ1) is 15.5. The fourth-order valence-corrected chi connectivity index (χ4v) is 3.37. The zero-order valence-corrected chi connectivity index (χ0v) is 14.0. The maximum Gasteiger partial charge on any atom is 0.258 e. The maximum absolute atomic E-state index is 5.74. The molecule has 0 saturated carbocycles.